The van der Waals surface area contributed by atoms with E-state index in [1.165, 1.54) is 50.5 Å². The van der Waals surface area contributed by atoms with Crippen LogP contribution in [0.25, 0.3) is 0 Å². The van der Waals surface area contributed by atoms with Crippen LogP contribution in [0, 0.1) is 46.3 Å². The molecule has 69 heavy (non-hydrogen) atoms. The number of nitrogens with one attached hydrogen (secondary N) is 4. The van der Waals surface area contributed by atoms with E-state index in [4.69, 9.17) is 44.9 Å². The second-order valence-electron chi connectivity index (χ2n) is 21.2. The molecule has 5 amide bonds. The van der Waals surface area contributed by atoms with Gasteiger partial charge in [0.15, 0.2) is 17.9 Å². The molecule has 4 aliphatic rings. The van der Waals surface area contributed by atoms with Crippen LogP contribution in [0.1, 0.15) is 150 Å². The highest BCUT2D eigenvalue weighted by molar-refractivity contribution is 5.94. The maximum Gasteiger partial charge on any atom is 0.407 e. The maximum atomic E-state index is 13.8. The van der Waals surface area contributed by atoms with Gasteiger partial charge < -0.3 is 66.1 Å². The number of rotatable bonds is 27. The first-order valence-electron chi connectivity index (χ1n) is 25.6. The summed E-state index contributed by atoms with van der Waals surface area (Å²) < 4.78 is 5.95. The molecular formula is C49H88N14O6. The molecule has 4 rings (SSSR count). The number of hydrogen-bond donors (Lipinski definition) is 11. The number of ether oxygens (including phenoxy) is 1. The van der Waals surface area contributed by atoms with Gasteiger partial charge in [0.1, 0.15) is 24.2 Å². The number of hydrogen-bond acceptors (Lipinski definition) is 9. The van der Waals surface area contributed by atoms with Crippen LogP contribution in [-0.4, -0.2) is 98.0 Å². The lowest BCUT2D eigenvalue weighted by atomic mass is 9.47. The van der Waals surface area contributed by atoms with Crippen LogP contribution in [0.5, 0.6) is 0 Å². The van der Waals surface area contributed by atoms with Crippen molar-refractivity contribution in [1.29, 1.82) is 0 Å². The van der Waals surface area contributed by atoms with Crippen LogP contribution >= 0.6 is 0 Å². The number of nitrogens with zero attached hydrogens (tertiary/aromatic N) is 3. The molecular weight excluding hydrogens is 881 g/mol. The monoisotopic (exact) mass is 969 g/mol. The lowest BCUT2D eigenvalue weighted by molar-refractivity contribution is -0.133. The molecule has 20 heteroatoms. The standard InChI is InChI=1S/C49H88N14O6/c1-29(2)10-6-11-30(3)34-17-18-35-33-16-15-31-28-32(19-22-48(31,4)36(33)20-23-49(34,35)5)69-47(68)60-27-21-40(64)61-38(13-8-25-58-45(53)54)42(66)63-39(14-9-26-59-46(55)56)43(67)62-37(41(50)65)12-7-24-57-44(51)52/h15,29-30,32-39H,6-14,16-28H2,1-5H3,(H2,50,65)(H,60,68)(H,61,64)(H,62,67)(H,63,66)(H4,51,52,57)(H4,53,54,58)(H4,55,56,59)/t30-,32+,33+,34-,35+,36+,37+,38+,39+,48+,49-/m1/s1. The SMILES string of the molecule is CC(C)CCC[C@@H](C)[C@H]1CC[C@H]2[C@@H]3CC=C4C[C@@H](OC(=O)NCCC(=O)N[C@@H](CCCN=C(N)N)C(=O)N[C@@H](CCCN=C(N)N)C(=O)N[C@@H](CCCN=C(N)N)C(N)=O)CC[C@]4(C)[C@H]3CC[C@]12C. The molecule has 0 aromatic heterocycles. The normalized spacial score (nSPS) is 26.5. The molecule has 0 aromatic carbocycles. The minimum absolute atomic E-state index is 0.0328. The summed E-state index contributed by atoms with van der Waals surface area (Å²) in [7, 11) is 0. The highest BCUT2D eigenvalue weighted by atomic mass is 16.6. The first-order valence-corrected chi connectivity index (χ1v) is 25.6. The fraction of sp³-hybridized carbons (Fsp3) is 0.796. The van der Waals surface area contributed by atoms with Crippen molar-refractivity contribution in [2.24, 2.45) is 101 Å². The van der Waals surface area contributed by atoms with Gasteiger partial charge in [-0.15, -0.1) is 0 Å². The minimum atomic E-state index is -1.17. The van der Waals surface area contributed by atoms with Crippen molar-refractivity contribution in [2.45, 2.75) is 174 Å². The summed E-state index contributed by atoms with van der Waals surface area (Å²) in [5, 5.41) is 10.8. The summed E-state index contributed by atoms with van der Waals surface area (Å²) >= 11 is 0. The molecule has 11 atom stereocenters. The highest BCUT2D eigenvalue weighted by Gasteiger charge is 2.59. The van der Waals surface area contributed by atoms with E-state index in [2.05, 4.69) is 76.9 Å². The second kappa shape index (κ2) is 26.6. The number of nitrogens with two attached hydrogens (primary N) is 7. The van der Waals surface area contributed by atoms with Crippen molar-refractivity contribution >= 4 is 47.6 Å². The van der Waals surface area contributed by atoms with Crippen molar-refractivity contribution < 1.29 is 28.7 Å². The number of allylic oxidation sites excluding steroid dienone is 1. The lowest BCUT2D eigenvalue weighted by Crippen LogP contribution is -2.56. The van der Waals surface area contributed by atoms with E-state index in [0.717, 1.165) is 49.4 Å². The summed E-state index contributed by atoms with van der Waals surface area (Å²) in [6, 6.07) is -3.37. The van der Waals surface area contributed by atoms with Gasteiger partial charge in [-0.2, -0.15) is 0 Å². The lowest BCUT2D eigenvalue weighted by Gasteiger charge is -2.58. The van der Waals surface area contributed by atoms with Crippen molar-refractivity contribution in [3.8, 4) is 0 Å². The molecule has 0 saturated heterocycles. The zero-order chi connectivity index (χ0) is 50.9. The van der Waals surface area contributed by atoms with E-state index in [-0.39, 0.29) is 87.7 Å². The van der Waals surface area contributed by atoms with E-state index >= 15 is 0 Å². The maximum absolute atomic E-state index is 13.8. The number of guanidine groups is 3. The van der Waals surface area contributed by atoms with Crippen molar-refractivity contribution in [3.63, 3.8) is 0 Å². The molecule has 3 saturated carbocycles. The summed E-state index contributed by atoms with van der Waals surface area (Å²) in [4.78, 5) is 77.9. The quantitative estimate of drug-likeness (QED) is 0.0245. The first-order chi connectivity index (χ1) is 32.6. The summed E-state index contributed by atoms with van der Waals surface area (Å²) in [5.41, 5.74) is 40.2. The van der Waals surface area contributed by atoms with Crippen LogP contribution in [0.3, 0.4) is 0 Å². The third-order valence-corrected chi connectivity index (χ3v) is 15.9. The van der Waals surface area contributed by atoms with Gasteiger partial charge in [0, 0.05) is 39.0 Å². The van der Waals surface area contributed by atoms with Crippen LogP contribution in [0.15, 0.2) is 26.6 Å². The van der Waals surface area contributed by atoms with E-state index < -0.39 is 47.8 Å². The first kappa shape index (κ1) is 56.3. The molecule has 3 fully saturated rings. The van der Waals surface area contributed by atoms with Gasteiger partial charge in [-0.25, -0.2) is 4.79 Å². The van der Waals surface area contributed by atoms with Gasteiger partial charge in [-0.1, -0.05) is 65.5 Å². The zero-order valence-electron chi connectivity index (χ0n) is 42.2. The van der Waals surface area contributed by atoms with Gasteiger partial charge in [-0.05, 0) is 130 Å². The zero-order valence-corrected chi connectivity index (χ0v) is 42.2. The second-order valence-corrected chi connectivity index (χ2v) is 21.2. The van der Waals surface area contributed by atoms with Gasteiger partial charge >= 0.3 is 6.09 Å². The van der Waals surface area contributed by atoms with E-state index in [9.17, 15) is 24.0 Å². The molecule has 0 heterocycles. The molecule has 0 spiro atoms. The predicted molar refractivity (Wildman–Crippen MR) is 271 cm³/mol. The Hall–Kier alpha value is -5.30. The Morgan fingerprint density at radius 1 is 0.681 bits per heavy atom. The predicted octanol–water partition coefficient (Wildman–Crippen LogP) is 2.61. The average Bonchev–Trinajstić information content (AvgIpc) is 3.63. The molecule has 0 radical (unpaired) electrons. The molecule has 0 aliphatic heterocycles. The topological polar surface area (TPSA) is 362 Å². The Balaban J connectivity index is 1.31. The third-order valence-electron chi connectivity index (χ3n) is 15.9. The molecule has 390 valence electrons. The molecule has 0 aromatic rings. The van der Waals surface area contributed by atoms with E-state index in [1.807, 2.05) is 0 Å². The van der Waals surface area contributed by atoms with Crippen LogP contribution in [0.2, 0.25) is 0 Å². The Bertz CT molecular complexity index is 1860. The van der Waals surface area contributed by atoms with Gasteiger partial charge in [0.25, 0.3) is 0 Å². The molecule has 4 aliphatic carbocycles. The molecule has 18 N–H and O–H groups in total. The van der Waals surface area contributed by atoms with Gasteiger partial charge in [0.2, 0.25) is 23.6 Å². The largest absolute Gasteiger partial charge is 0.446 e. The molecule has 0 unspecified atom stereocenters. The summed E-state index contributed by atoms with van der Waals surface area (Å²) in [6.45, 7) is 12.8. The number of carbonyl (C=O) groups excluding carboxylic acids is 5. The summed E-state index contributed by atoms with van der Waals surface area (Å²) in [6.07, 6.45) is 15.6. The van der Waals surface area contributed by atoms with Crippen LogP contribution in [0.4, 0.5) is 4.79 Å². The Kier molecular flexibility index (Phi) is 21.7. The number of aliphatic imine (C=N–C) groups is 3. The van der Waals surface area contributed by atoms with Crippen molar-refractivity contribution in [2.75, 3.05) is 26.2 Å². The number of carbonyl (C=O) groups is 5. The summed E-state index contributed by atoms with van der Waals surface area (Å²) in [5.74, 6) is 1.44. The van der Waals surface area contributed by atoms with Crippen molar-refractivity contribution in [3.05, 3.63) is 11.6 Å². The number of amides is 5. The van der Waals surface area contributed by atoms with E-state index in [1.54, 1.807) is 0 Å². The Labute approximate surface area is 410 Å². The molecule has 20 nitrogen and oxygen atoms in total. The van der Waals surface area contributed by atoms with E-state index in [0.29, 0.717) is 30.1 Å². The average molecular weight is 969 g/mol. The highest BCUT2D eigenvalue weighted by Crippen LogP contribution is 2.67. The Morgan fingerprint density at radius 2 is 1.25 bits per heavy atom. The fourth-order valence-electron chi connectivity index (χ4n) is 12.4. The number of alkyl carbamates (subject to hydrolysis) is 1. The van der Waals surface area contributed by atoms with Crippen LogP contribution in [-0.2, 0) is 23.9 Å². The molecule has 0 bridgehead atoms. The van der Waals surface area contributed by atoms with Gasteiger partial charge in [-0.3, -0.25) is 34.2 Å². The number of fused-ring (bicyclic) bond motifs is 5. The third kappa shape index (κ3) is 16.7. The smallest absolute Gasteiger partial charge is 0.407 e. The Morgan fingerprint density at radius 3 is 1.81 bits per heavy atom. The van der Waals surface area contributed by atoms with Crippen molar-refractivity contribution in [1.82, 2.24) is 21.3 Å². The van der Waals surface area contributed by atoms with Crippen LogP contribution < -0.4 is 61.4 Å². The van der Waals surface area contributed by atoms with Gasteiger partial charge in [0.05, 0.1) is 0 Å². The minimum Gasteiger partial charge on any atom is -0.446 e. The number of primary amides is 1. The fourth-order valence-corrected chi connectivity index (χ4v) is 12.4.